The molecule has 0 aliphatic carbocycles. The summed E-state index contributed by atoms with van der Waals surface area (Å²) in [4.78, 5) is 17.3. The minimum Gasteiger partial charge on any atom is -0.454 e. The topological polar surface area (TPSA) is 73.0 Å². The van der Waals surface area contributed by atoms with Gasteiger partial charge in [0.05, 0.1) is 15.9 Å². The first-order valence-corrected chi connectivity index (χ1v) is 13.3. The molecule has 0 aliphatic heterocycles. The van der Waals surface area contributed by atoms with Gasteiger partial charge in [0.2, 0.25) is 5.91 Å². The zero-order valence-corrected chi connectivity index (χ0v) is 20.8. The zero-order valence-electron chi connectivity index (χ0n) is 19.2. The van der Waals surface area contributed by atoms with Gasteiger partial charge >= 0.3 is 0 Å². The van der Waals surface area contributed by atoms with Crippen LogP contribution in [0.15, 0.2) is 99.9 Å². The van der Waals surface area contributed by atoms with E-state index in [1.165, 1.54) is 6.08 Å². The molecule has 0 aliphatic rings. The number of thioether (sulfide) groups is 1. The Labute approximate surface area is 215 Å². The zero-order chi connectivity index (χ0) is 24.5. The second kappa shape index (κ2) is 9.49. The van der Waals surface area contributed by atoms with Crippen molar-refractivity contribution in [2.75, 3.05) is 11.6 Å². The molecule has 0 atom stereocenters. The van der Waals surface area contributed by atoms with Gasteiger partial charge < -0.3 is 9.73 Å². The number of fused-ring (bicyclic) bond motifs is 2. The lowest BCUT2D eigenvalue weighted by Crippen LogP contribution is -2.07. The molecule has 176 valence electrons. The second-order valence-corrected chi connectivity index (χ2v) is 10.1. The van der Waals surface area contributed by atoms with Crippen LogP contribution in [0.5, 0.6) is 0 Å². The molecule has 0 saturated heterocycles. The Balaban J connectivity index is 1.31. The average Bonchev–Trinajstić information content (AvgIpc) is 3.63. The fourth-order valence-electron chi connectivity index (χ4n) is 3.93. The van der Waals surface area contributed by atoms with Crippen LogP contribution in [-0.2, 0) is 4.79 Å². The number of thiazole rings is 1. The first-order valence-electron chi connectivity index (χ1n) is 11.2. The van der Waals surface area contributed by atoms with Gasteiger partial charge in [-0.3, -0.25) is 4.79 Å². The monoisotopic (exact) mass is 508 g/mol. The average molecular weight is 509 g/mol. The quantitative estimate of drug-likeness (QED) is 0.189. The largest absolute Gasteiger partial charge is 0.454 e. The maximum Gasteiger partial charge on any atom is 0.248 e. The van der Waals surface area contributed by atoms with Crippen LogP contribution in [0.2, 0.25) is 0 Å². The second-order valence-electron chi connectivity index (χ2n) is 8.05. The van der Waals surface area contributed by atoms with Gasteiger partial charge in [-0.1, -0.05) is 48.2 Å². The van der Waals surface area contributed by atoms with Crippen molar-refractivity contribution in [1.82, 2.24) is 14.8 Å². The molecule has 3 heterocycles. The third-order valence-corrected chi connectivity index (χ3v) is 7.65. The number of nitrogens with zero attached hydrogens (tertiary/aromatic N) is 3. The number of para-hydroxylation sites is 2. The number of aromatic nitrogens is 3. The van der Waals surface area contributed by atoms with Crippen LogP contribution in [0.25, 0.3) is 44.4 Å². The Morgan fingerprint density at radius 2 is 1.89 bits per heavy atom. The van der Waals surface area contributed by atoms with Crippen molar-refractivity contribution in [3.63, 3.8) is 0 Å². The van der Waals surface area contributed by atoms with Crippen LogP contribution in [0.1, 0.15) is 5.56 Å². The fraction of sp³-hybridized carbons (Fsp3) is 0.0357. The van der Waals surface area contributed by atoms with Crippen molar-refractivity contribution in [3.8, 4) is 17.1 Å². The Hall–Kier alpha value is -4.14. The molecule has 3 aromatic carbocycles. The predicted molar refractivity (Wildman–Crippen MR) is 148 cm³/mol. The van der Waals surface area contributed by atoms with Crippen LogP contribution >= 0.6 is 23.1 Å². The summed E-state index contributed by atoms with van der Waals surface area (Å²) in [6.45, 7) is 0. The normalized spacial score (nSPS) is 11.6. The molecular formula is C28H20N4O2S2. The van der Waals surface area contributed by atoms with E-state index in [4.69, 9.17) is 9.52 Å². The van der Waals surface area contributed by atoms with E-state index in [-0.39, 0.29) is 5.91 Å². The van der Waals surface area contributed by atoms with E-state index in [0.717, 1.165) is 42.5 Å². The van der Waals surface area contributed by atoms with Gasteiger partial charge in [0, 0.05) is 28.9 Å². The summed E-state index contributed by atoms with van der Waals surface area (Å²) in [5.74, 6) is 0.415. The molecule has 0 unspecified atom stereocenters. The summed E-state index contributed by atoms with van der Waals surface area (Å²) in [5.41, 5.74) is 4.80. The molecule has 1 amide bonds. The predicted octanol–water partition coefficient (Wildman–Crippen LogP) is 7.27. The van der Waals surface area contributed by atoms with Gasteiger partial charge in [-0.25, -0.2) is 9.67 Å². The number of rotatable bonds is 6. The first-order chi connectivity index (χ1) is 17.7. The molecule has 0 saturated carbocycles. The number of anilines is 1. The summed E-state index contributed by atoms with van der Waals surface area (Å²) in [5, 5.41) is 8.73. The SMILES string of the molecule is CSc1nc2ccc(NC(=O)C=Cc3cn(-c4ccccc4)nc3-c3cc4ccccc4o3)cc2s1. The third kappa shape index (κ3) is 4.44. The number of hydrogen-bond donors (Lipinski definition) is 1. The molecule has 36 heavy (non-hydrogen) atoms. The van der Waals surface area contributed by atoms with E-state index >= 15 is 0 Å². The summed E-state index contributed by atoms with van der Waals surface area (Å²) >= 11 is 3.23. The van der Waals surface area contributed by atoms with E-state index in [2.05, 4.69) is 10.3 Å². The number of nitrogens with one attached hydrogen (secondary N) is 1. The van der Waals surface area contributed by atoms with Crippen molar-refractivity contribution in [2.45, 2.75) is 4.34 Å². The number of carbonyl (C=O) groups is 1. The Morgan fingerprint density at radius 3 is 2.72 bits per heavy atom. The summed E-state index contributed by atoms with van der Waals surface area (Å²) < 4.78 is 9.92. The standard InChI is InChI=1S/C28H20N4O2S2/c1-35-28-30-22-13-12-20(16-25(22)36-28)29-26(33)14-11-19-17-32(21-8-3-2-4-9-21)31-27(19)24-15-18-7-5-6-10-23(18)34-24/h2-17H,1H3,(H,29,33). The van der Waals surface area contributed by atoms with Crippen LogP contribution in [0, 0.1) is 0 Å². The molecular weight excluding hydrogens is 488 g/mol. The first kappa shape index (κ1) is 22.3. The lowest BCUT2D eigenvalue weighted by atomic mass is 10.2. The van der Waals surface area contributed by atoms with Gasteiger partial charge in [-0.05, 0) is 54.8 Å². The highest BCUT2D eigenvalue weighted by Gasteiger charge is 2.15. The van der Waals surface area contributed by atoms with E-state index in [1.54, 1.807) is 33.9 Å². The van der Waals surface area contributed by atoms with Gasteiger partial charge in [-0.15, -0.1) is 11.3 Å². The van der Waals surface area contributed by atoms with Crippen LogP contribution in [0.4, 0.5) is 5.69 Å². The molecule has 3 aromatic heterocycles. The molecule has 6 aromatic rings. The highest BCUT2D eigenvalue weighted by molar-refractivity contribution is 8.00. The highest BCUT2D eigenvalue weighted by Crippen LogP contribution is 2.31. The smallest absolute Gasteiger partial charge is 0.248 e. The van der Waals surface area contributed by atoms with Crippen molar-refractivity contribution < 1.29 is 9.21 Å². The number of amides is 1. The van der Waals surface area contributed by atoms with E-state index in [0.29, 0.717) is 11.5 Å². The maximum atomic E-state index is 12.8. The molecule has 1 N–H and O–H groups in total. The van der Waals surface area contributed by atoms with E-state index in [1.807, 2.05) is 91.3 Å². The molecule has 0 fully saturated rings. The van der Waals surface area contributed by atoms with Gasteiger partial charge in [0.1, 0.15) is 11.3 Å². The van der Waals surface area contributed by atoms with Crippen molar-refractivity contribution in [3.05, 3.63) is 96.7 Å². The summed E-state index contributed by atoms with van der Waals surface area (Å²) in [7, 11) is 0. The Bertz CT molecular complexity index is 1700. The minimum absolute atomic E-state index is 0.230. The highest BCUT2D eigenvalue weighted by atomic mass is 32.2. The van der Waals surface area contributed by atoms with E-state index in [9.17, 15) is 4.79 Å². The lowest BCUT2D eigenvalue weighted by molar-refractivity contribution is -0.111. The van der Waals surface area contributed by atoms with Crippen molar-refractivity contribution in [1.29, 1.82) is 0 Å². The molecule has 8 heteroatoms. The summed E-state index contributed by atoms with van der Waals surface area (Å²) in [6, 6.07) is 25.4. The molecule has 6 nitrogen and oxygen atoms in total. The molecule has 0 radical (unpaired) electrons. The van der Waals surface area contributed by atoms with Crippen molar-refractivity contribution in [2.24, 2.45) is 0 Å². The van der Waals surface area contributed by atoms with E-state index < -0.39 is 0 Å². The minimum atomic E-state index is -0.230. The molecule has 0 spiro atoms. The number of benzene rings is 3. The third-order valence-electron chi connectivity index (χ3n) is 5.65. The van der Waals surface area contributed by atoms with Crippen LogP contribution in [-0.4, -0.2) is 26.9 Å². The molecule has 0 bridgehead atoms. The molecule has 6 rings (SSSR count). The number of furan rings is 1. The fourth-order valence-corrected chi connectivity index (χ4v) is 5.46. The van der Waals surface area contributed by atoms with Crippen molar-refractivity contribution >= 4 is 62.0 Å². The number of hydrogen-bond acceptors (Lipinski definition) is 6. The van der Waals surface area contributed by atoms with Crippen LogP contribution in [0.3, 0.4) is 0 Å². The van der Waals surface area contributed by atoms with Crippen LogP contribution < -0.4 is 5.32 Å². The lowest BCUT2D eigenvalue weighted by Gasteiger charge is -2.01. The van der Waals surface area contributed by atoms with Gasteiger partial charge in [0.25, 0.3) is 0 Å². The van der Waals surface area contributed by atoms with Gasteiger partial charge in [-0.2, -0.15) is 5.10 Å². The number of carbonyl (C=O) groups excluding carboxylic acids is 1. The maximum absolute atomic E-state index is 12.8. The summed E-state index contributed by atoms with van der Waals surface area (Å²) in [6.07, 6.45) is 7.18. The Kier molecular flexibility index (Phi) is 5.88. The Morgan fingerprint density at radius 1 is 1.06 bits per heavy atom. The van der Waals surface area contributed by atoms with Gasteiger partial charge in [0.15, 0.2) is 10.1 Å².